The van der Waals surface area contributed by atoms with Crippen molar-refractivity contribution in [2.45, 2.75) is 0 Å². The van der Waals surface area contributed by atoms with Gasteiger partial charge in [0.1, 0.15) is 0 Å². The van der Waals surface area contributed by atoms with Crippen molar-refractivity contribution < 1.29 is 4.79 Å². The Balaban J connectivity index is 1.93. The zero-order valence-electron chi connectivity index (χ0n) is 9.99. The molecule has 3 nitrogen and oxygen atoms in total. The predicted octanol–water partition coefficient (Wildman–Crippen LogP) is 4.15. The molecule has 0 heterocycles. The van der Waals surface area contributed by atoms with E-state index in [2.05, 4.69) is 26.6 Å². The van der Waals surface area contributed by atoms with Crippen LogP contribution in [0.25, 0.3) is 0 Å². The molecule has 0 saturated heterocycles. The van der Waals surface area contributed by atoms with Crippen LogP contribution in [0.5, 0.6) is 0 Å². The summed E-state index contributed by atoms with van der Waals surface area (Å²) in [6.45, 7) is 0.197. The van der Waals surface area contributed by atoms with Crippen molar-refractivity contribution >= 4 is 44.8 Å². The second kappa shape index (κ2) is 6.59. The lowest BCUT2D eigenvalue weighted by atomic mass is 10.3. The van der Waals surface area contributed by atoms with E-state index >= 15 is 0 Å². The minimum Gasteiger partial charge on any atom is -0.376 e. The van der Waals surface area contributed by atoms with Crippen LogP contribution in [0.3, 0.4) is 0 Å². The van der Waals surface area contributed by atoms with Gasteiger partial charge in [-0.05, 0) is 46.3 Å². The molecule has 5 heteroatoms. The smallest absolute Gasteiger partial charge is 0.243 e. The molecule has 0 fully saturated rings. The summed E-state index contributed by atoms with van der Waals surface area (Å²) in [7, 11) is 0. The van der Waals surface area contributed by atoms with Crippen molar-refractivity contribution in [3.63, 3.8) is 0 Å². The Morgan fingerprint density at radius 3 is 2.63 bits per heavy atom. The fraction of sp³-hybridized carbons (Fsp3) is 0.0714. The standard InChI is InChI=1S/C14H12BrClN2O/c15-12-7-6-10(16)8-13(12)18-14(19)9-17-11-4-2-1-3-5-11/h1-8,17H,9H2,(H,18,19). The van der Waals surface area contributed by atoms with Gasteiger partial charge in [-0.3, -0.25) is 4.79 Å². The lowest BCUT2D eigenvalue weighted by molar-refractivity contribution is -0.114. The Kier molecular flexibility index (Phi) is 4.82. The van der Waals surface area contributed by atoms with Gasteiger partial charge in [-0.2, -0.15) is 0 Å². The molecule has 0 aromatic heterocycles. The van der Waals surface area contributed by atoms with Crippen LogP contribution in [0.1, 0.15) is 0 Å². The molecule has 19 heavy (non-hydrogen) atoms. The average molecular weight is 340 g/mol. The van der Waals surface area contributed by atoms with E-state index in [1.807, 2.05) is 30.3 Å². The molecule has 98 valence electrons. The minimum absolute atomic E-state index is 0.133. The van der Waals surface area contributed by atoms with E-state index in [0.717, 1.165) is 10.2 Å². The number of amides is 1. The molecule has 0 spiro atoms. The molecular formula is C14H12BrClN2O. The summed E-state index contributed by atoms with van der Waals surface area (Å²) in [6.07, 6.45) is 0. The highest BCUT2D eigenvalue weighted by Crippen LogP contribution is 2.25. The third-order valence-corrected chi connectivity index (χ3v) is 3.36. The Bertz CT molecular complexity index is 575. The first-order chi connectivity index (χ1) is 9.15. The normalized spacial score (nSPS) is 10.0. The zero-order valence-corrected chi connectivity index (χ0v) is 12.3. The Morgan fingerprint density at radius 1 is 1.16 bits per heavy atom. The summed E-state index contributed by atoms with van der Waals surface area (Å²) < 4.78 is 0.796. The van der Waals surface area contributed by atoms with Crippen LogP contribution in [0.15, 0.2) is 53.0 Å². The van der Waals surface area contributed by atoms with Crippen LogP contribution in [0.4, 0.5) is 11.4 Å². The summed E-state index contributed by atoms with van der Waals surface area (Å²) in [6, 6.07) is 14.8. The quantitative estimate of drug-likeness (QED) is 0.878. The molecule has 0 atom stereocenters. The van der Waals surface area contributed by atoms with E-state index in [1.54, 1.807) is 18.2 Å². The molecule has 0 aliphatic rings. The van der Waals surface area contributed by atoms with E-state index in [9.17, 15) is 4.79 Å². The highest BCUT2D eigenvalue weighted by Gasteiger charge is 2.06. The van der Waals surface area contributed by atoms with Gasteiger partial charge >= 0.3 is 0 Å². The van der Waals surface area contributed by atoms with Crippen LogP contribution < -0.4 is 10.6 Å². The number of hydrogen-bond donors (Lipinski definition) is 2. The van der Waals surface area contributed by atoms with Crippen LogP contribution in [0, 0.1) is 0 Å². The second-order valence-electron chi connectivity index (χ2n) is 3.89. The summed E-state index contributed by atoms with van der Waals surface area (Å²) in [4.78, 5) is 11.8. The number of rotatable bonds is 4. The number of benzene rings is 2. The number of halogens is 2. The maximum atomic E-state index is 11.8. The summed E-state index contributed by atoms with van der Waals surface area (Å²) in [5.41, 5.74) is 1.56. The predicted molar refractivity (Wildman–Crippen MR) is 82.7 cm³/mol. The number of para-hydroxylation sites is 1. The Morgan fingerprint density at radius 2 is 1.89 bits per heavy atom. The fourth-order valence-corrected chi connectivity index (χ4v) is 2.04. The van der Waals surface area contributed by atoms with Crippen LogP contribution in [-0.4, -0.2) is 12.5 Å². The molecule has 2 N–H and O–H groups in total. The lowest BCUT2D eigenvalue weighted by Crippen LogP contribution is -2.21. The number of carbonyl (C=O) groups excluding carboxylic acids is 1. The van der Waals surface area contributed by atoms with E-state index < -0.39 is 0 Å². The summed E-state index contributed by atoms with van der Waals surface area (Å²) >= 11 is 9.25. The molecule has 0 saturated carbocycles. The second-order valence-corrected chi connectivity index (χ2v) is 5.18. The van der Waals surface area contributed by atoms with E-state index in [0.29, 0.717) is 10.7 Å². The molecule has 0 radical (unpaired) electrons. The largest absolute Gasteiger partial charge is 0.376 e. The van der Waals surface area contributed by atoms with Gasteiger partial charge in [0.25, 0.3) is 0 Å². The highest BCUT2D eigenvalue weighted by atomic mass is 79.9. The van der Waals surface area contributed by atoms with Crippen molar-refractivity contribution in [3.05, 3.63) is 58.0 Å². The number of carbonyl (C=O) groups is 1. The Hall–Kier alpha value is -1.52. The van der Waals surface area contributed by atoms with Crippen LogP contribution in [0.2, 0.25) is 5.02 Å². The summed E-state index contributed by atoms with van der Waals surface area (Å²) in [5.74, 6) is -0.133. The van der Waals surface area contributed by atoms with Gasteiger partial charge in [0.05, 0.1) is 12.2 Å². The molecule has 0 aliphatic carbocycles. The molecule has 1 amide bonds. The van der Waals surface area contributed by atoms with Crippen molar-refractivity contribution in [2.24, 2.45) is 0 Å². The van der Waals surface area contributed by atoms with Crippen molar-refractivity contribution in [2.75, 3.05) is 17.2 Å². The number of hydrogen-bond acceptors (Lipinski definition) is 2. The molecule has 0 aliphatic heterocycles. The van der Waals surface area contributed by atoms with Crippen LogP contribution >= 0.6 is 27.5 Å². The fourth-order valence-electron chi connectivity index (χ4n) is 1.53. The first-order valence-electron chi connectivity index (χ1n) is 5.69. The van der Waals surface area contributed by atoms with Gasteiger partial charge in [-0.1, -0.05) is 29.8 Å². The van der Waals surface area contributed by atoms with Crippen LogP contribution in [-0.2, 0) is 4.79 Å². The molecule has 2 aromatic rings. The molecular weight excluding hydrogens is 328 g/mol. The average Bonchev–Trinajstić information content (AvgIpc) is 2.42. The van der Waals surface area contributed by atoms with E-state index in [1.165, 1.54) is 0 Å². The highest BCUT2D eigenvalue weighted by molar-refractivity contribution is 9.10. The SMILES string of the molecule is O=C(CNc1ccccc1)Nc1cc(Cl)ccc1Br. The lowest BCUT2D eigenvalue weighted by Gasteiger charge is -2.09. The van der Waals surface area contributed by atoms with Gasteiger partial charge in [0.15, 0.2) is 0 Å². The topological polar surface area (TPSA) is 41.1 Å². The van der Waals surface area contributed by atoms with Gasteiger partial charge in [0.2, 0.25) is 5.91 Å². The van der Waals surface area contributed by atoms with Gasteiger partial charge in [-0.15, -0.1) is 0 Å². The number of nitrogens with one attached hydrogen (secondary N) is 2. The van der Waals surface area contributed by atoms with E-state index in [4.69, 9.17) is 11.6 Å². The third kappa shape index (κ3) is 4.26. The van der Waals surface area contributed by atoms with Gasteiger partial charge in [0, 0.05) is 15.2 Å². The van der Waals surface area contributed by atoms with E-state index in [-0.39, 0.29) is 12.5 Å². The third-order valence-electron chi connectivity index (χ3n) is 2.43. The molecule has 2 aromatic carbocycles. The van der Waals surface area contributed by atoms with Gasteiger partial charge in [-0.25, -0.2) is 0 Å². The van der Waals surface area contributed by atoms with Crippen molar-refractivity contribution in [1.29, 1.82) is 0 Å². The Labute approximate surface area is 125 Å². The van der Waals surface area contributed by atoms with Gasteiger partial charge < -0.3 is 10.6 Å². The maximum absolute atomic E-state index is 11.8. The first-order valence-corrected chi connectivity index (χ1v) is 6.86. The monoisotopic (exact) mass is 338 g/mol. The molecule has 0 unspecified atom stereocenters. The first kappa shape index (κ1) is 13.9. The zero-order chi connectivity index (χ0) is 13.7. The molecule has 0 bridgehead atoms. The minimum atomic E-state index is -0.133. The number of anilines is 2. The maximum Gasteiger partial charge on any atom is 0.243 e. The molecule has 2 rings (SSSR count). The van der Waals surface area contributed by atoms with Crippen molar-refractivity contribution in [3.8, 4) is 0 Å². The van der Waals surface area contributed by atoms with Crippen molar-refractivity contribution in [1.82, 2.24) is 0 Å². The summed E-state index contributed by atoms with van der Waals surface area (Å²) in [5, 5.41) is 6.41.